The van der Waals surface area contributed by atoms with Gasteiger partial charge in [0.1, 0.15) is 0 Å². The number of benzene rings is 2. The van der Waals surface area contributed by atoms with E-state index in [2.05, 4.69) is 101 Å². The van der Waals surface area contributed by atoms with Crippen LogP contribution in [0, 0.1) is 19.8 Å². The Morgan fingerprint density at radius 3 is 1.59 bits per heavy atom. The summed E-state index contributed by atoms with van der Waals surface area (Å²) in [7, 11) is 2.03. The molecule has 0 atom stereocenters. The molecule has 0 N–H and O–H groups in total. The van der Waals surface area contributed by atoms with Crippen LogP contribution < -0.4 is 0 Å². The molecule has 2 aromatic carbocycles. The molecule has 0 amide bonds. The largest absolute Gasteiger partial charge is 0.299 e. The van der Waals surface area contributed by atoms with Crippen LogP contribution in [0.3, 0.4) is 0 Å². The van der Waals surface area contributed by atoms with Crippen LogP contribution in [-0.4, -0.2) is 25.0 Å². The number of aryl methyl sites for hydroxylation is 4. The van der Waals surface area contributed by atoms with E-state index in [1.54, 1.807) is 11.1 Å². The number of fused-ring (bicyclic) bond motifs is 1. The van der Waals surface area contributed by atoms with Crippen molar-refractivity contribution in [2.24, 2.45) is 5.92 Å². The van der Waals surface area contributed by atoms with E-state index in [0.717, 1.165) is 31.8 Å². The molecular formula is C33H47N. The van der Waals surface area contributed by atoms with E-state index in [0.29, 0.717) is 0 Å². The van der Waals surface area contributed by atoms with E-state index in [1.807, 2.05) is 37.4 Å². The minimum Gasteiger partial charge on any atom is -0.299 e. The van der Waals surface area contributed by atoms with Gasteiger partial charge in [-0.25, -0.2) is 0 Å². The second-order valence-corrected chi connectivity index (χ2v) is 8.84. The molecule has 2 aromatic rings. The normalized spacial score (nSPS) is 10.5. The minimum absolute atomic E-state index is 0.727. The number of allylic oxidation sites excluding steroid dienone is 2. The third-order valence-electron chi connectivity index (χ3n) is 5.36. The van der Waals surface area contributed by atoms with Gasteiger partial charge in [-0.15, -0.1) is 26.3 Å². The van der Waals surface area contributed by atoms with E-state index in [-0.39, 0.29) is 0 Å². The average molecular weight is 458 g/mol. The first kappa shape index (κ1) is 31.1. The van der Waals surface area contributed by atoms with E-state index in [4.69, 9.17) is 0 Å². The summed E-state index contributed by atoms with van der Waals surface area (Å²) in [5.74, 6) is 0.727. The van der Waals surface area contributed by atoms with Crippen molar-refractivity contribution in [3.05, 3.63) is 127 Å². The van der Waals surface area contributed by atoms with Gasteiger partial charge in [0.15, 0.2) is 0 Å². The Hall–Kier alpha value is -2.90. The quantitative estimate of drug-likeness (QED) is 0.340. The molecular weight excluding hydrogens is 410 g/mol. The molecule has 1 aliphatic rings. The summed E-state index contributed by atoms with van der Waals surface area (Å²) in [6.45, 7) is 26.5. The molecule has 0 unspecified atom stereocenters. The fourth-order valence-electron chi connectivity index (χ4n) is 3.21. The maximum Gasteiger partial charge on any atom is 0.0160 e. The molecule has 34 heavy (non-hydrogen) atoms. The van der Waals surface area contributed by atoms with Crippen LogP contribution in [-0.2, 0) is 12.8 Å². The molecule has 0 saturated heterocycles. The fourth-order valence-corrected chi connectivity index (χ4v) is 3.21. The van der Waals surface area contributed by atoms with Gasteiger partial charge < -0.3 is 0 Å². The lowest BCUT2D eigenvalue weighted by Gasteiger charge is -2.18. The summed E-state index contributed by atoms with van der Waals surface area (Å²) in [6.07, 6.45) is 14.3. The Kier molecular flexibility index (Phi) is 17.9. The molecule has 0 fully saturated rings. The predicted octanol–water partition coefficient (Wildman–Crippen LogP) is 8.80. The highest BCUT2D eigenvalue weighted by Gasteiger charge is 2.10. The highest BCUT2D eigenvalue weighted by molar-refractivity contribution is 5.46. The average Bonchev–Trinajstić information content (AvgIpc) is 2.79. The SMILES string of the molecule is C=CCC(C)CC=C.C=CCN(C)CC=C.C=Cc1ccc(C)cc1.Cc1ccc2c(c1)CC2. The molecule has 1 aliphatic carbocycles. The zero-order valence-electron chi connectivity index (χ0n) is 22.2. The third-order valence-corrected chi connectivity index (χ3v) is 5.36. The van der Waals surface area contributed by atoms with Crippen molar-refractivity contribution in [2.75, 3.05) is 20.1 Å². The van der Waals surface area contributed by atoms with E-state index in [9.17, 15) is 0 Å². The van der Waals surface area contributed by atoms with Crippen LogP contribution in [0.5, 0.6) is 0 Å². The zero-order valence-corrected chi connectivity index (χ0v) is 22.2. The first-order valence-electron chi connectivity index (χ1n) is 12.2. The first-order valence-corrected chi connectivity index (χ1v) is 12.2. The summed E-state index contributed by atoms with van der Waals surface area (Å²) in [4.78, 5) is 2.12. The maximum atomic E-state index is 3.66. The predicted molar refractivity (Wildman–Crippen MR) is 157 cm³/mol. The monoisotopic (exact) mass is 457 g/mol. The Labute approximate surface area is 210 Å². The Morgan fingerprint density at radius 2 is 1.24 bits per heavy atom. The smallest absolute Gasteiger partial charge is 0.0160 e. The van der Waals surface area contributed by atoms with Crippen molar-refractivity contribution in [3.63, 3.8) is 0 Å². The second kappa shape index (κ2) is 19.6. The van der Waals surface area contributed by atoms with Crippen LogP contribution in [0.1, 0.15) is 47.6 Å². The van der Waals surface area contributed by atoms with Crippen molar-refractivity contribution in [1.29, 1.82) is 0 Å². The standard InChI is InChI=1S/2C9H10.C8H14.C7H13N/c1-7-2-3-8-4-5-9(8)6-7;1-3-9-6-4-8(2)5-7-9;2*1-4-6-8(3)7-5-2/h2-3,6H,4-5H2,1H3;3-7H,1H2,2H3;4-5,8H,1-2,6-7H2,3H3;4-5H,1-2,6-7H2,3H3. The minimum atomic E-state index is 0.727. The van der Waals surface area contributed by atoms with Crippen LogP contribution in [0.4, 0.5) is 0 Å². The van der Waals surface area contributed by atoms with Gasteiger partial charge >= 0.3 is 0 Å². The van der Waals surface area contributed by atoms with Crippen LogP contribution in [0.2, 0.25) is 0 Å². The number of likely N-dealkylation sites (N-methyl/N-ethyl adjacent to an activating group) is 1. The molecule has 3 rings (SSSR count). The van der Waals surface area contributed by atoms with Gasteiger partial charge in [-0.1, -0.05) is 97.5 Å². The Morgan fingerprint density at radius 1 is 0.735 bits per heavy atom. The third kappa shape index (κ3) is 15.0. The van der Waals surface area contributed by atoms with Gasteiger partial charge in [-0.05, 0) is 69.2 Å². The van der Waals surface area contributed by atoms with Gasteiger partial charge in [-0.2, -0.15) is 0 Å². The summed E-state index contributed by atoms with van der Waals surface area (Å²) in [5, 5.41) is 0. The lowest BCUT2D eigenvalue weighted by atomic mass is 9.88. The highest BCUT2D eigenvalue weighted by atomic mass is 15.1. The van der Waals surface area contributed by atoms with E-state index < -0.39 is 0 Å². The zero-order chi connectivity index (χ0) is 25.8. The molecule has 0 bridgehead atoms. The molecule has 0 spiro atoms. The molecule has 0 aliphatic heterocycles. The number of hydrogen-bond acceptors (Lipinski definition) is 1. The molecule has 0 radical (unpaired) electrons. The van der Waals surface area contributed by atoms with Gasteiger partial charge in [0.25, 0.3) is 0 Å². The molecule has 1 nitrogen and oxygen atoms in total. The van der Waals surface area contributed by atoms with Gasteiger partial charge in [0, 0.05) is 13.1 Å². The molecule has 1 heteroatoms. The molecule has 0 aromatic heterocycles. The molecule has 0 heterocycles. The van der Waals surface area contributed by atoms with Gasteiger partial charge in [-0.3, -0.25) is 4.90 Å². The van der Waals surface area contributed by atoms with Crippen molar-refractivity contribution < 1.29 is 0 Å². The topological polar surface area (TPSA) is 3.24 Å². The van der Waals surface area contributed by atoms with Crippen LogP contribution in [0.15, 0.2) is 99.7 Å². The van der Waals surface area contributed by atoms with Crippen LogP contribution in [0.25, 0.3) is 6.08 Å². The maximum absolute atomic E-state index is 3.66. The summed E-state index contributed by atoms with van der Waals surface area (Å²) in [5.41, 5.74) is 6.99. The number of rotatable bonds is 9. The van der Waals surface area contributed by atoms with Crippen molar-refractivity contribution in [1.82, 2.24) is 4.90 Å². The highest BCUT2D eigenvalue weighted by Crippen LogP contribution is 2.22. The lowest BCUT2D eigenvalue weighted by molar-refractivity contribution is 0.413. The van der Waals surface area contributed by atoms with Gasteiger partial charge in [0.2, 0.25) is 0 Å². The Balaban J connectivity index is 0.000000428. The summed E-state index contributed by atoms with van der Waals surface area (Å²) < 4.78 is 0. The fraction of sp³-hybridized carbons (Fsp3) is 0.333. The van der Waals surface area contributed by atoms with Crippen molar-refractivity contribution in [3.8, 4) is 0 Å². The molecule has 184 valence electrons. The molecule has 0 saturated carbocycles. The number of nitrogens with zero attached hydrogens (tertiary/aromatic N) is 1. The van der Waals surface area contributed by atoms with Crippen molar-refractivity contribution >= 4 is 6.08 Å². The van der Waals surface area contributed by atoms with Crippen LogP contribution >= 0.6 is 0 Å². The van der Waals surface area contributed by atoms with E-state index >= 15 is 0 Å². The Bertz CT molecular complexity index is 815. The van der Waals surface area contributed by atoms with Gasteiger partial charge in [0.05, 0.1) is 0 Å². The summed E-state index contributed by atoms with van der Waals surface area (Å²) >= 11 is 0. The first-order chi connectivity index (χ1) is 16.3. The van der Waals surface area contributed by atoms with E-state index in [1.165, 1.54) is 29.5 Å². The number of hydrogen-bond donors (Lipinski definition) is 0. The van der Waals surface area contributed by atoms with Crippen molar-refractivity contribution in [2.45, 2.75) is 46.5 Å². The lowest BCUT2D eigenvalue weighted by Crippen LogP contribution is -2.17. The summed E-state index contributed by atoms with van der Waals surface area (Å²) in [6, 6.07) is 15.0. The second-order valence-electron chi connectivity index (χ2n) is 8.84.